The van der Waals surface area contributed by atoms with Gasteiger partial charge in [-0.25, -0.2) is 0 Å². The Balaban J connectivity index is 2.33. The van der Waals surface area contributed by atoms with Crippen LogP contribution < -0.4 is 0 Å². The number of nitriles is 1. The van der Waals surface area contributed by atoms with E-state index in [9.17, 15) is 5.11 Å². The number of aliphatic hydroxyl groups is 1. The second kappa shape index (κ2) is 7.35. The van der Waals surface area contributed by atoms with Gasteiger partial charge < -0.3 is 9.67 Å². The number of aliphatic hydroxyl groups excluding tert-OH is 1. The van der Waals surface area contributed by atoms with E-state index in [2.05, 4.69) is 17.6 Å². The second-order valence-corrected chi connectivity index (χ2v) is 5.94. The van der Waals surface area contributed by atoms with Gasteiger partial charge in [-0.15, -0.1) is 0 Å². The number of rotatable bonds is 8. The van der Waals surface area contributed by atoms with Crippen molar-refractivity contribution in [2.75, 3.05) is 0 Å². The molecule has 1 aromatic rings. The molecule has 0 spiro atoms. The number of nitrogens with zero attached hydrogens (tertiary/aromatic N) is 2. The van der Waals surface area contributed by atoms with Gasteiger partial charge in [-0.3, -0.25) is 0 Å². The first-order valence-corrected chi connectivity index (χ1v) is 7.23. The van der Waals surface area contributed by atoms with Gasteiger partial charge in [0.15, 0.2) is 0 Å². The van der Waals surface area contributed by atoms with Crippen molar-refractivity contribution < 1.29 is 5.11 Å². The van der Waals surface area contributed by atoms with Crippen molar-refractivity contribution in [2.45, 2.75) is 65.5 Å². The topological polar surface area (TPSA) is 49.0 Å². The van der Waals surface area contributed by atoms with Crippen LogP contribution in [0.5, 0.6) is 0 Å². The lowest BCUT2D eigenvalue weighted by Gasteiger charge is -2.14. The third kappa shape index (κ3) is 5.48. The van der Waals surface area contributed by atoms with Gasteiger partial charge in [0, 0.05) is 18.9 Å². The normalized spacial score (nSPS) is 13.2. The number of aryl methyl sites for hydroxylation is 1. The van der Waals surface area contributed by atoms with Crippen LogP contribution in [-0.4, -0.2) is 9.67 Å². The summed E-state index contributed by atoms with van der Waals surface area (Å²) in [6.45, 7) is 7.02. The molecule has 0 bridgehead atoms. The molecule has 19 heavy (non-hydrogen) atoms. The van der Waals surface area contributed by atoms with Crippen LogP contribution in [0.2, 0.25) is 0 Å². The monoisotopic (exact) mass is 262 g/mol. The Hall–Kier alpha value is -1.27. The Kier molecular flexibility index (Phi) is 6.11. The summed E-state index contributed by atoms with van der Waals surface area (Å²) in [5.74, 6) is 0. The zero-order valence-electron chi connectivity index (χ0n) is 12.4. The molecular weight excluding hydrogens is 236 g/mol. The van der Waals surface area contributed by atoms with Gasteiger partial charge in [0.1, 0.15) is 0 Å². The molecule has 1 atom stereocenters. The van der Waals surface area contributed by atoms with Crippen LogP contribution in [0, 0.1) is 16.7 Å². The maximum atomic E-state index is 9.89. The van der Waals surface area contributed by atoms with Gasteiger partial charge in [-0.1, -0.05) is 19.8 Å². The fourth-order valence-corrected chi connectivity index (χ4v) is 2.15. The van der Waals surface area contributed by atoms with Crippen molar-refractivity contribution in [3.63, 3.8) is 0 Å². The van der Waals surface area contributed by atoms with Crippen molar-refractivity contribution in [1.82, 2.24) is 4.57 Å². The first kappa shape index (κ1) is 15.8. The number of hydrogen-bond donors (Lipinski definition) is 1. The summed E-state index contributed by atoms with van der Waals surface area (Å²) in [5, 5.41) is 18.8. The number of aromatic nitrogens is 1. The molecule has 0 aliphatic heterocycles. The molecule has 106 valence electrons. The molecule has 3 heteroatoms. The van der Waals surface area contributed by atoms with Crippen LogP contribution >= 0.6 is 0 Å². The van der Waals surface area contributed by atoms with Gasteiger partial charge in [-0.2, -0.15) is 5.26 Å². The Bertz CT molecular complexity index is 415. The molecule has 3 nitrogen and oxygen atoms in total. The van der Waals surface area contributed by atoms with Gasteiger partial charge in [0.2, 0.25) is 0 Å². The van der Waals surface area contributed by atoms with Crippen molar-refractivity contribution in [1.29, 1.82) is 5.26 Å². The zero-order valence-corrected chi connectivity index (χ0v) is 12.4. The highest BCUT2D eigenvalue weighted by atomic mass is 16.3. The summed E-state index contributed by atoms with van der Waals surface area (Å²) in [6.07, 6.45) is 8.63. The van der Waals surface area contributed by atoms with E-state index in [4.69, 9.17) is 5.26 Å². The van der Waals surface area contributed by atoms with Crippen LogP contribution in [0.3, 0.4) is 0 Å². The molecule has 0 fully saturated rings. The van der Waals surface area contributed by atoms with E-state index in [1.54, 1.807) is 0 Å². The van der Waals surface area contributed by atoms with Crippen molar-refractivity contribution in [2.24, 2.45) is 5.41 Å². The van der Waals surface area contributed by atoms with Crippen molar-refractivity contribution >= 4 is 0 Å². The minimum atomic E-state index is -0.330. The molecule has 0 saturated heterocycles. The first-order valence-electron chi connectivity index (χ1n) is 7.23. The Morgan fingerprint density at radius 1 is 1.42 bits per heavy atom. The highest BCUT2D eigenvalue weighted by Gasteiger charge is 2.15. The summed E-state index contributed by atoms with van der Waals surface area (Å²) in [7, 11) is 0. The summed E-state index contributed by atoms with van der Waals surface area (Å²) >= 11 is 0. The van der Waals surface area contributed by atoms with E-state index in [0.29, 0.717) is 0 Å². The molecule has 0 aliphatic rings. The average Bonchev–Trinajstić information content (AvgIpc) is 2.84. The SMILES string of the molecule is CCCC(O)c1ccn(CCCCC(C)(C)C#N)c1. The average molecular weight is 262 g/mol. The molecule has 1 unspecified atom stereocenters. The van der Waals surface area contributed by atoms with Crippen LogP contribution in [0.4, 0.5) is 0 Å². The third-order valence-corrected chi connectivity index (χ3v) is 3.49. The summed E-state index contributed by atoms with van der Waals surface area (Å²) < 4.78 is 2.13. The van der Waals surface area contributed by atoms with Crippen LogP contribution in [0.15, 0.2) is 18.5 Å². The molecule has 1 N–H and O–H groups in total. The quantitative estimate of drug-likeness (QED) is 0.719. The standard InChI is InChI=1S/C16H26N2O/c1-4-7-15(19)14-8-11-18(12-14)10-6-5-9-16(2,3)13-17/h8,11-12,15,19H,4-7,9-10H2,1-3H3. The van der Waals surface area contributed by atoms with E-state index in [1.165, 1.54) is 0 Å². The van der Waals surface area contributed by atoms with Crippen molar-refractivity contribution in [3.8, 4) is 6.07 Å². The molecule has 1 rings (SSSR count). The van der Waals surface area contributed by atoms with Crippen LogP contribution in [-0.2, 0) is 6.54 Å². The zero-order chi connectivity index (χ0) is 14.3. The van der Waals surface area contributed by atoms with Crippen LogP contribution in [0.25, 0.3) is 0 Å². The van der Waals surface area contributed by atoms with E-state index in [0.717, 1.165) is 44.2 Å². The van der Waals surface area contributed by atoms with E-state index < -0.39 is 0 Å². The molecule has 1 aromatic heterocycles. The molecule has 0 aromatic carbocycles. The Morgan fingerprint density at radius 2 is 2.16 bits per heavy atom. The summed E-state index contributed by atoms with van der Waals surface area (Å²) in [6, 6.07) is 4.33. The van der Waals surface area contributed by atoms with Crippen LogP contribution in [0.1, 0.15) is 64.5 Å². The Labute approximate surface area is 116 Å². The van der Waals surface area contributed by atoms with E-state index in [-0.39, 0.29) is 11.5 Å². The molecule has 0 amide bonds. The smallest absolute Gasteiger partial charge is 0.0804 e. The van der Waals surface area contributed by atoms with E-state index in [1.807, 2.05) is 32.3 Å². The van der Waals surface area contributed by atoms with E-state index >= 15 is 0 Å². The number of unbranched alkanes of at least 4 members (excludes halogenated alkanes) is 1. The fraction of sp³-hybridized carbons (Fsp3) is 0.688. The number of hydrogen-bond acceptors (Lipinski definition) is 2. The molecular formula is C16H26N2O. The predicted molar refractivity (Wildman–Crippen MR) is 77.5 cm³/mol. The highest BCUT2D eigenvalue weighted by molar-refractivity contribution is 5.13. The minimum absolute atomic E-state index is 0.209. The van der Waals surface area contributed by atoms with Crippen molar-refractivity contribution in [3.05, 3.63) is 24.0 Å². The second-order valence-electron chi connectivity index (χ2n) is 5.94. The van der Waals surface area contributed by atoms with Gasteiger partial charge in [0.25, 0.3) is 0 Å². The molecule has 0 saturated carbocycles. The van der Waals surface area contributed by atoms with Gasteiger partial charge in [0.05, 0.1) is 17.6 Å². The Morgan fingerprint density at radius 3 is 2.79 bits per heavy atom. The predicted octanol–water partition coefficient (Wildman–Crippen LogP) is 4.04. The lowest BCUT2D eigenvalue weighted by atomic mass is 9.89. The first-order chi connectivity index (χ1) is 8.98. The summed E-state index contributed by atoms with van der Waals surface area (Å²) in [5.41, 5.74) is 0.804. The minimum Gasteiger partial charge on any atom is -0.388 e. The molecule has 0 radical (unpaired) electrons. The molecule has 0 aliphatic carbocycles. The molecule has 1 heterocycles. The maximum absolute atomic E-state index is 9.89. The largest absolute Gasteiger partial charge is 0.388 e. The third-order valence-electron chi connectivity index (χ3n) is 3.49. The van der Waals surface area contributed by atoms with Gasteiger partial charge >= 0.3 is 0 Å². The lowest BCUT2D eigenvalue weighted by molar-refractivity contribution is 0.166. The fourth-order valence-electron chi connectivity index (χ4n) is 2.15. The summed E-state index contributed by atoms with van der Waals surface area (Å²) in [4.78, 5) is 0. The lowest BCUT2D eigenvalue weighted by Crippen LogP contribution is -2.07. The maximum Gasteiger partial charge on any atom is 0.0804 e. The highest BCUT2D eigenvalue weighted by Crippen LogP contribution is 2.22. The van der Waals surface area contributed by atoms with Gasteiger partial charge in [-0.05, 0) is 44.7 Å².